The highest BCUT2D eigenvalue weighted by Crippen LogP contribution is 2.33. The summed E-state index contributed by atoms with van der Waals surface area (Å²) in [6.45, 7) is 1.53. The normalized spacial score (nSPS) is 21.2. The van der Waals surface area contributed by atoms with Gasteiger partial charge in [0.05, 0.1) is 6.33 Å². The van der Waals surface area contributed by atoms with E-state index in [1.165, 1.54) is 17.2 Å². The molecule has 2 aromatic heterocycles. The number of nitrogen functional groups attached to an aromatic ring is 1. The molecule has 0 bridgehead atoms. The molecule has 24 heavy (non-hydrogen) atoms. The largest absolute Gasteiger partial charge is 0.699 e. The Morgan fingerprint density at radius 1 is 1.42 bits per heavy atom. The van der Waals surface area contributed by atoms with Gasteiger partial charge in [0, 0.05) is 10.6 Å². The van der Waals surface area contributed by atoms with E-state index in [1.807, 2.05) is 0 Å². The van der Waals surface area contributed by atoms with E-state index in [0.29, 0.717) is 11.2 Å². The molecular formula is C12H14FN5O5P+. The van der Waals surface area contributed by atoms with Crippen LogP contribution in [0.1, 0.15) is 13.2 Å². The zero-order valence-electron chi connectivity index (χ0n) is 12.5. The molecule has 0 aromatic carbocycles. The molecular weight excluding hydrogens is 344 g/mol. The van der Waals surface area contributed by atoms with Crippen molar-refractivity contribution in [3.63, 3.8) is 0 Å². The fourth-order valence-corrected chi connectivity index (χ4v) is 2.49. The van der Waals surface area contributed by atoms with Gasteiger partial charge in [-0.3, -0.25) is 4.57 Å². The van der Waals surface area contributed by atoms with Crippen molar-refractivity contribution in [3.8, 4) is 0 Å². The SMILES string of the molecule is CCO[P+](=O)OCO[C@@H]1C=C(F)[C@H](n2cnc3c(N)ncnc32)O1. The van der Waals surface area contributed by atoms with Gasteiger partial charge in [-0.15, -0.1) is 4.52 Å². The van der Waals surface area contributed by atoms with Crippen molar-refractivity contribution < 1.29 is 27.5 Å². The fraction of sp³-hybridized carbons (Fsp3) is 0.417. The summed E-state index contributed by atoms with van der Waals surface area (Å²) in [5.74, 6) is -0.409. The molecule has 1 unspecified atom stereocenters. The van der Waals surface area contributed by atoms with Crippen LogP contribution in [-0.2, 0) is 23.1 Å². The van der Waals surface area contributed by atoms with Crippen LogP contribution < -0.4 is 5.73 Å². The highest BCUT2D eigenvalue weighted by Gasteiger charge is 2.32. The summed E-state index contributed by atoms with van der Waals surface area (Å²) in [6.07, 6.45) is 1.60. The quantitative estimate of drug-likeness (QED) is 0.583. The molecule has 0 saturated heterocycles. The lowest BCUT2D eigenvalue weighted by atomic mass is 10.4. The third kappa shape index (κ3) is 3.40. The maximum Gasteiger partial charge on any atom is 0.699 e. The van der Waals surface area contributed by atoms with E-state index in [4.69, 9.17) is 24.3 Å². The highest BCUT2D eigenvalue weighted by molar-refractivity contribution is 7.33. The van der Waals surface area contributed by atoms with E-state index >= 15 is 0 Å². The number of nitrogens with zero attached hydrogens (tertiary/aromatic N) is 4. The van der Waals surface area contributed by atoms with Gasteiger partial charge < -0.3 is 15.2 Å². The number of hydrogen-bond donors (Lipinski definition) is 1. The first-order valence-electron chi connectivity index (χ1n) is 6.90. The van der Waals surface area contributed by atoms with Crippen LogP contribution in [0.15, 0.2) is 24.6 Å². The molecule has 0 aliphatic carbocycles. The molecule has 1 aliphatic heterocycles. The van der Waals surface area contributed by atoms with Crippen molar-refractivity contribution in [2.45, 2.75) is 19.4 Å². The van der Waals surface area contributed by atoms with Crippen LogP contribution in [0, 0.1) is 0 Å². The topological polar surface area (TPSA) is 124 Å². The lowest BCUT2D eigenvalue weighted by Gasteiger charge is -2.15. The molecule has 2 N–H and O–H groups in total. The molecule has 10 nitrogen and oxygen atoms in total. The minimum absolute atomic E-state index is 0.182. The molecule has 0 saturated carbocycles. The number of ether oxygens (including phenoxy) is 2. The molecule has 0 radical (unpaired) electrons. The second-order valence-electron chi connectivity index (χ2n) is 4.55. The van der Waals surface area contributed by atoms with Crippen LogP contribution in [0.2, 0.25) is 0 Å². The monoisotopic (exact) mass is 358 g/mol. The second-order valence-corrected chi connectivity index (χ2v) is 5.51. The van der Waals surface area contributed by atoms with Crippen LogP contribution >= 0.6 is 8.25 Å². The molecule has 3 atom stereocenters. The number of halogens is 1. The Bertz CT molecular complexity index is 784. The number of rotatable bonds is 7. The van der Waals surface area contributed by atoms with Crippen LogP contribution in [-0.4, -0.2) is 39.2 Å². The Morgan fingerprint density at radius 3 is 3.04 bits per heavy atom. The third-order valence-corrected chi connectivity index (χ3v) is 3.84. The van der Waals surface area contributed by atoms with Crippen LogP contribution in [0.3, 0.4) is 0 Å². The van der Waals surface area contributed by atoms with E-state index < -0.39 is 26.6 Å². The molecule has 12 heteroatoms. The average Bonchev–Trinajstić information content (AvgIpc) is 3.12. The zero-order chi connectivity index (χ0) is 17.1. The smallest absolute Gasteiger partial charge is 0.382 e. The van der Waals surface area contributed by atoms with Crippen molar-refractivity contribution in [3.05, 3.63) is 24.6 Å². The van der Waals surface area contributed by atoms with Crippen LogP contribution in [0.25, 0.3) is 11.2 Å². The molecule has 3 rings (SSSR count). The van der Waals surface area contributed by atoms with E-state index in [1.54, 1.807) is 6.92 Å². The molecule has 1 aliphatic rings. The van der Waals surface area contributed by atoms with Crippen molar-refractivity contribution in [2.24, 2.45) is 0 Å². The van der Waals surface area contributed by atoms with Crippen molar-refractivity contribution in [2.75, 3.05) is 19.1 Å². The predicted octanol–water partition coefficient (Wildman–Crippen LogP) is 1.80. The number of anilines is 1. The Morgan fingerprint density at radius 2 is 2.25 bits per heavy atom. The Balaban J connectivity index is 1.65. The first kappa shape index (κ1) is 16.8. The van der Waals surface area contributed by atoms with Gasteiger partial charge >= 0.3 is 8.25 Å². The van der Waals surface area contributed by atoms with E-state index in [-0.39, 0.29) is 19.2 Å². The van der Waals surface area contributed by atoms with E-state index in [2.05, 4.69) is 15.0 Å². The average molecular weight is 358 g/mol. The van der Waals surface area contributed by atoms with Gasteiger partial charge in [-0.25, -0.2) is 19.3 Å². The van der Waals surface area contributed by atoms with Crippen LogP contribution in [0.5, 0.6) is 0 Å². The number of fused-ring (bicyclic) bond motifs is 1. The number of nitrogens with two attached hydrogens (primary N) is 1. The van der Waals surface area contributed by atoms with Gasteiger partial charge in [0.25, 0.3) is 0 Å². The summed E-state index contributed by atoms with van der Waals surface area (Å²) in [5.41, 5.74) is 6.36. The second kappa shape index (κ2) is 7.24. The predicted molar refractivity (Wildman–Crippen MR) is 79.1 cm³/mol. The van der Waals surface area contributed by atoms with Crippen molar-refractivity contribution >= 4 is 25.2 Å². The Kier molecular flexibility index (Phi) is 5.07. The highest BCUT2D eigenvalue weighted by atomic mass is 31.1. The maximum atomic E-state index is 14.1. The summed E-state index contributed by atoms with van der Waals surface area (Å²) < 4.78 is 46.7. The standard InChI is InChI=1S/C12H14FN5O5P/c1-2-21-24(19)22-6-20-8-3-7(13)12(23-8)18-5-17-9-10(14)15-4-16-11(9)18/h3-5,8,12H,2,6H2,1H3,(H2,14,15,16)/q+1/t8-,12+/m0/s1. The third-order valence-electron chi connectivity index (χ3n) is 3.06. The Hall–Kier alpha value is -2.04. The number of imidazole rings is 1. The number of aromatic nitrogens is 4. The summed E-state index contributed by atoms with van der Waals surface area (Å²) >= 11 is 0. The van der Waals surface area contributed by atoms with Gasteiger partial charge in [0.15, 0.2) is 29.8 Å². The molecule has 0 spiro atoms. The molecule has 3 heterocycles. The fourth-order valence-electron chi connectivity index (χ4n) is 2.05. The molecule has 0 fully saturated rings. The summed E-state index contributed by atoms with van der Waals surface area (Å²) in [7, 11) is -2.28. The number of hydrogen-bond acceptors (Lipinski definition) is 9. The molecule has 128 valence electrons. The lowest BCUT2D eigenvalue weighted by molar-refractivity contribution is -0.168. The minimum atomic E-state index is -2.28. The van der Waals surface area contributed by atoms with Gasteiger partial charge in [-0.05, 0) is 6.92 Å². The summed E-state index contributed by atoms with van der Waals surface area (Å²) in [5, 5.41) is 0. The molecule has 0 amide bonds. The van der Waals surface area contributed by atoms with Gasteiger partial charge in [-0.2, -0.15) is 0 Å². The van der Waals surface area contributed by atoms with Crippen molar-refractivity contribution in [1.82, 2.24) is 19.5 Å². The van der Waals surface area contributed by atoms with Crippen LogP contribution in [0.4, 0.5) is 10.2 Å². The van der Waals surface area contributed by atoms with E-state index in [0.717, 1.165) is 6.08 Å². The van der Waals surface area contributed by atoms with Gasteiger partial charge in [-0.1, -0.05) is 4.52 Å². The maximum absolute atomic E-state index is 14.1. The molecule has 2 aromatic rings. The van der Waals surface area contributed by atoms with Crippen molar-refractivity contribution in [1.29, 1.82) is 0 Å². The summed E-state index contributed by atoms with van der Waals surface area (Å²) in [4.78, 5) is 11.9. The van der Waals surface area contributed by atoms with Gasteiger partial charge in [0.1, 0.15) is 18.5 Å². The first-order chi connectivity index (χ1) is 11.6. The minimum Gasteiger partial charge on any atom is -0.382 e. The lowest BCUT2D eigenvalue weighted by Crippen LogP contribution is -2.16. The zero-order valence-corrected chi connectivity index (χ0v) is 13.4. The van der Waals surface area contributed by atoms with E-state index in [9.17, 15) is 8.96 Å². The first-order valence-corrected chi connectivity index (χ1v) is 8.00. The van der Waals surface area contributed by atoms with Gasteiger partial charge in [0.2, 0.25) is 6.79 Å². The summed E-state index contributed by atoms with van der Waals surface area (Å²) in [6, 6.07) is 0. The Labute approximate surface area is 136 Å².